The summed E-state index contributed by atoms with van der Waals surface area (Å²) in [6, 6.07) is 101. The second-order valence-corrected chi connectivity index (χ2v) is 19.9. The minimum absolute atomic E-state index is 0.417. The van der Waals surface area contributed by atoms with Crippen LogP contribution in [0.5, 0.6) is 0 Å². The zero-order chi connectivity index (χ0) is 49.2. The molecule has 0 saturated carbocycles. The highest BCUT2D eigenvalue weighted by Gasteiger charge is 2.45. The van der Waals surface area contributed by atoms with Crippen LogP contribution < -0.4 is 0 Å². The van der Waals surface area contributed by atoms with Crippen LogP contribution in [0.3, 0.4) is 0 Å². The maximum atomic E-state index is 2.36. The van der Waals surface area contributed by atoms with E-state index in [1.165, 1.54) is 132 Å². The zero-order valence-electron chi connectivity index (χ0n) is 41.1. The maximum Gasteiger partial charge on any atom is 0.0713 e. The molecule has 0 N–H and O–H groups in total. The van der Waals surface area contributed by atoms with Gasteiger partial charge in [0.2, 0.25) is 0 Å². The predicted octanol–water partition coefficient (Wildman–Crippen LogP) is 19.8. The SMILES string of the molecule is Cc1ccc(C2(c3ccc(-c4ccc(-c5c6ccccc6c(-c6ccc(C=Cc7ccc(-c8cccc9ccccc89)c8ccccc78)cc6)c6ccccc56)cc4)cc3)c3ccccc3-c3ccccc32)cc1. The molecule has 13 aromatic carbocycles. The van der Waals surface area contributed by atoms with E-state index < -0.39 is 5.41 Å². The first-order chi connectivity index (χ1) is 36.6. The van der Waals surface area contributed by atoms with Crippen molar-refractivity contribution in [3.63, 3.8) is 0 Å². The average molecular weight is 939 g/mol. The highest BCUT2D eigenvalue weighted by molar-refractivity contribution is 6.21. The van der Waals surface area contributed by atoms with Crippen molar-refractivity contribution < 1.29 is 0 Å². The lowest BCUT2D eigenvalue weighted by Crippen LogP contribution is -2.28. The Labute approximate surface area is 432 Å². The second-order valence-electron chi connectivity index (χ2n) is 19.9. The second kappa shape index (κ2) is 17.7. The topological polar surface area (TPSA) is 0 Å². The largest absolute Gasteiger partial charge is 0.0713 e. The predicted molar refractivity (Wildman–Crippen MR) is 316 cm³/mol. The number of fused-ring (bicyclic) bond motifs is 7. The van der Waals surface area contributed by atoms with Crippen LogP contribution >= 0.6 is 0 Å². The number of hydrogen-bond donors (Lipinski definition) is 0. The average Bonchev–Trinajstić information content (AvgIpc) is 3.77. The summed E-state index contributed by atoms with van der Waals surface area (Å²) in [5, 5.41) is 10.0. The lowest BCUT2D eigenvalue weighted by molar-refractivity contribution is 0.768. The Bertz CT molecular complexity index is 4210. The van der Waals surface area contributed by atoms with Crippen molar-refractivity contribution in [2.75, 3.05) is 0 Å². The van der Waals surface area contributed by atoms with Crippen molar-refractivity contribution in [2.24, 2.45) is 0 Å². The quantitative estimate of drug-likeness (QED) is 0.105. The first-order valence-electron chi connectivity index (χ1n) is 25.8. The molecule has 0 saturated heterocycles. The molecule has 0 heterocycles. The fraction of sp³-hybridized carbons (Fsp3) is 0.0270. The molecule has 1 aliphatic carbocycles. The van der Waals surface area contributed by atoms with E-state index in [0.29, 0.717) is 0 Å². The van der Waals surface area contributed by atoms with Gasteiger partial charge in [-0.2, -0.15) is 0 Å². The van der Waals surface area contributed by atoms with Crippen molar-refractivity contribution in [3.05, 3.63) is 312 Å². The van der Waals surface area contributed by atoms with Gasteiger partial charge in [-0.05, 0) is 139 Å². The Morgan fingerprint density at radius 2 is 0.676 bits per heavy atom. The smallest absolute Gasteiger partial charge is 0.0619 e. The van der Waals surface area contributed by atoms with E-state index in [-0.39, 0.29) is 0 Å². The van der Waals surface area contributed by atoms with Crippen LogP contribution in [0.25, 0.3) is 111 Å². The molecule has 0 spiro atoms. The standard InChI is InChI=1S/C74H50/c1-49-29-44-57(45-30-49)74(70-27-12-10-20-64(70)65-21-11-13-28-71(65)74)58-46-41-52(42-47-58)51-37-39-56(40-38-51)73-68-24-8-6-22-66(68)72(67-23-7-9-25-69(67)73)55-35-32-50(33-36-55)31-34-54-43-48-63(61-19-5-4-18-60(54)61)62-26-14-16-53-15-2-3-17-59(53)62/h2-48H,1H3. The molecular formula is C74H50. The molecule has 0 atom stereocenters. The molecule has 0 heteroatoms. The molecule has 0 aromatic heterocycles. The van der Waals surface area contributed by atoms with Gasteiger partial charge in [0.1, 0.15) is 0 Å². The van der Waals surface area contributed by atoms with E-state index in [0.717, 1.165) is 5.56 Å². The minimum Gasteiger partial charge on any atom is -0.0619 e. The van der Waals surface area contributed by atoms with Gasteiger partial charge in [0, 0.05) is 0 Å². The summed E-state index contributed by atoms with van der Waals surface area (Å²) >= 11 is 0. The van der Waals surface area contributed by atoms with Gasteiger partial charge in [-0.15, -0.1) is 0 Å². The lowest BCUT2D eigenvalue weighted by Gasteiger charge is -2.34. The minimum atomic E-state index is -0.417. The number of aryl methyl sites for hydroxylation is 1. The van der Waals surface area contributed by atoms with Crippen LogP contribution in [0, 0.1) is 6.92 Å². The third-order valence-corrected chi connectivity index (χ3v) is 15.9. The first-order valence-corrected chi connectivity index (χ1v) is 25.8. The van der Waals surface area contributed by atoms with Crippen LogP contribution in [0.15, 0.2) is 273 Å². The van der Waals surface area contributed by atoms with E-state index in [1.54, 1.807) is 0 Å². The van der Waals surface area contributed by atoms with Gasteiger partial charge in [-0.1, -0.05) is 291 Å². The molecule has 13 aromatic rings. The van der Waals surface area contributed by atoms with Gasteiger partial charge >= 0.3 is 0 Å². The molecule has 0 radical (unpaired) electrons. The molecule has 74 heavy (non-hydrogen) atoms. The highest BCUT2D eigenvalue weighted by atomic mass is 14.5. The zero-order valence-corrected chi connectivity index (χ0v) is 41.1. The molecule has 0 nitrogen and oxygen atoms in total. The van der Waals surface area contributed by atoms with Gasteiger partial charge in [0.25, 0.3) is 0 Å². The third-order valence-electron chi connectivity index (χ3n) is 15.9. The van der Waals surface area contributed by atoms with E-state index in [4.69, 9.17) is 0 Å². The fourth-order valence-electron chi connectivity index (χ4n) is 12.4. The Balaban J connectivity index is 0.790. The number of benzene rings is 13. The molecule has 346 valence electrons. The van der Waals surface area contributed by atoms with Crippen LogP contribution in [0.1, 0.15) is 38.9 Å². The van der Waals surface area contributed by atoms with Gasteiger partial charge in [0.15, 0.2) is 0 Å². The molecular weight excluding hydrogens is 889 g/mol. The van der Waals surface area contributed by atoms with Crippen molar-refractivity contribution in [3.8, 4) is 55.6 Å². The van der Waals surface area contributed by atoms with Crippen LogP contribution in [0.2, 0.25) is 0 Å². The van der Waals surface area contributed by atoms with E-state index in [2.05, 4.69) is 292 Å². The Morgan fingerprint density at radius 3 is 1.26 bits per heavy atom. The lowest BCUT2D eigenvalue weighted by atomic mass is 9.67. The molecule has 0 amide bonds. The van der Waals surface area contributed by atoms with Crippen LogP contribution in [-0.4, -0.2) is 0 Å². The molecule has 0 fully saturated rings. The van der Waals surface area contributed by atoms with Crippen molar-refractivity contribution in [1.82, 2.24) is 0 Å². The summed E-state index contributed by atoms with van der Waals surface area (Å²) in [7, 11) is 0. The number of rotatable bonds is 8. The van der Waals surface area contributed by atoms with Crippen LogP contribution in [-0.2, 0) is 5.41 Å². The van der Waals surface area contributed by atoms with Crippen molar-refractivity contribution in [2.45, 2.75) is 12.3 Å². The van der Waals surface area contributed by atoms with Gasteiger partial charge in [-0.3, -0.25) is 0 Å². The summed E-state index contributed by atoms with van der Waals surface area (Å²) in [6.07, 6.45) is 4.51. The molecule has 14 rings (SSSR count). The molecule has 1 aliphatic rings. The van der Waals surface area contributed by atoms with E-state index in [1.807, 2.05) is 0 Å². The van der Waals surface area contributed by atoms with E-state index in [9.17, 15) is 0 Å². The van der Waals surface area contributed by atoms with Crippen LogP contribution in [0.4, 0.5) is 0 Å². The van der Waals surface area contributed by atoms with Gasteiger partial charge in [-0.25, -0.2) is 0 Å². The number of hydrogen-bond acceptors (Lipinski definition) is 0. The van der Waals surface area contributed by atoms with E-state index >= 15 is 0 Å². The molecule has 0 unspecified atom stereocenters. The Kier molecular flexibility index (Phi) is 10.4. The molecule has 0 aliphatic heterocycles. The summed E-state index contributed by atoms with van der Waals surface area (Å²) in [4.78, 5) is 0. The highest BCUT2D eigenvalue weighted by Crippen LogP contribution is 2.56. The third kappa shape index (κ3) is 6.98. The summed E-state index contributed by atoms with van der Waals surface area (Å²) in [6.45, 7) is 2.17. The fourth-order valence-corrected chi connectivity index (χ4v) is 12.4. The normalized spacial score (nSPS) is 12.7. The molecule has 0 bridgehead atoms. The summed E-state index contributed by atoms with van der Waals surface area (Å²) < 4.78 is 0. The monoisotopic (exact) mass is 938 g/mol. The summed E-state index contributed by atoms with van der Waals surface area (Å²) in [5.41, 5.74) is 20.9. The Morgan fingerprint density at radius 1 is 0.270 bits per heavy atom. The van der Waals surface area contributed by atoms with Crippen molar-refractivity contribution in [1.29, 1.82) is 0 Å². The van der Waals surface area contributed by atoms with Gasteiger partial charge in [0.05, 0.1) is 5.41 Å². The first kappa shape index (κ1) is 43.4. The Hall–Kier alpha value is -9.36. The van der Waals surface area contributed by atoms with Crippen molar-refractivity contribution >= 4 is 55.2 Å². The van der Waals surface area contributed by atoms with Gasteiger partial charge < -0.3 is 0 Å². The summed E-state index contributed by atoms with van der Waals surface area (Å²) in [5.74, 6) is 0. The maximum absolute atomic E-state index is 2.36.